The van der Waals surface area contributed by atoms with Gasteiger partial charge in [0.05, 0.1) is 0 Å². The Hall–Kier alpha value is -0.630. The maximum Gasteiger partial charge on any atom is 0.139 e. The van der Waals surface area contributed by atoms with Crippen LogP contribution in [0.5, 0.6) is 0 Å². The number of hydrogen-bond donors (Lipinski definition) is 0. The van der Waals surface area contributed by atoms with Crippen LogP contribution in [-0.2, 0) is 4.79 Å². The van der Waals surface area contributed by atoms with Crippen molar-refractivity contribution in [1.29, 1.82) is 0 Å². The largest absolute Gasteiger partial charge is 0.303 e. The van der Waals surface area contributed by atoms with Crippen LogP contribution in [0.2, 0.25) is 0 Å². The van der Waals surface area contributed by atoms with Gasteiger partial charge in [0.2, 0.25) is 0 Å². The molecule has 3 saturated carbocycles. The SMILES string of the molecule is C[C@]12CC[C@H](CCCN3CCCCC3)C=C1CCC1C2CC[C@]2(C)C(=O)CCC12. The first-order valence-corrected chi connectivity index (χ1v) is 13.0. The molecule has 0 aromatic heterocycles. The minimum atomic E-state index is 0.0321. The van der Waals surface area contributed by atoms with Crippen LogP contribution in [0, 0.1) is 34.5 Å². The quantitative estimate of drug-likeness (QED) is 0.512. The lowest BCUT2D eigenvalue weighted by Crippen LogP contribution is -2.50. The molecule has 2 nitrogen and oxygen atoms in total. The summed E-state index contributed by atoms with van der Waals surface area (Å²) in [5, 5.41) is 0. The monoisotopic (exact) mass is 397 g/mol. The van der Waals surface area contributed by atoms with Crippen molar-refractivity contribution in [2.45, 2.75) is 97.3 Å². The Labute approximate surface area is 178 Å². The summed E-state index contributed by atoms with van der Waals surface area (Å²) in [6, 6.07) is 0. The summed E-state index contributed by atoms with van der Waals surface area (Å²) in [6.45, 7) is 8.94. The number of fused-ring (bicyclic) bond motifs is 5. The Morgan fingerprint density at radius 3 is 2.52 bits per heavy atom. The first-order chi connectivity index (χ1) is 14.0. The highest BCUT2D eigenvalue weighted by molar-refractivity contribution is 5.87. The van der Waals surface area contributed by atoms with Gasteiger partial charge in [-0.15, -0.1) is 0 Å². The Morgan fingerprint density at radius 1 is 0.931 bits per heavy atom. The summed E-state index contributed by atoms with van der Waals surface area (Å²) in [5.74, 6) is 3.78. The molecule has 0 aromatic carbocycles. The van der Waals surface area contributed by atoms with E-state index in [4.69, 9.17) is 0 Å². The predicted octanol–water partition coefficient (Wildman–Crippen LogP) is 6.40. The molecule has 2 heteroatoms. The van der Waals surface area contributed by atoms with Gasteiger partial charge in [-0.1, -0.05) is 31.9 Å². The molecular formula is C27H43NO. The summed E-state index contributed by atoms with van der Waals surface area (Å²) in [6.07, 6.45) is 19.8. The van der Waals surface area contributed by atoms with Crippen LogP contribution in [0.3, 0.4) is 0 Å². The topological polar surface area (TPSA) is 20.3 Å². The normalized spacial score (nSPS) is 45.3. The Kier molecular flexibility index (Phi) is 5.46. The van der Waals surface area contributed by atoms with Crippen LogP contribution in [0.25, 0.3) is 0 Å². The van der Waals surface area contributed by atoms with E-state index in [9.17, 15) is 4.79 Å². The lowest BCUT2D eigenvalue weighted by Gasteiger charge is -2.57. The second kappa shape index (κ2) is 7.81. The predicted molar refractivity (Wildman–Crippen MR) is 120 cm³/mol. The van der Waals surface area contributed by atoms with Crippen LogP contribution in [0.1, 0.15) is 97.3 Å². The molecule has 6 atom stereocenters. The summed E-state index contributed by atoms with van der Waals surface area (Å²) in [5.41, 5.74) is 2.30. The number of likely N-dealkylation sites (tertiary alicyclic amines) is 1. The third-order valence-corrected chi connectivity index (χ3v) is 10.4. The van der Waals surface area contributed by atoms with E-state index in [-0.39, 0.29) is 5.41 Å². The number of Topliss-reactive ketones (excluding diaryl/α,β-unsaturated/α-hetero) is 1. The van der Waals surface area contributed by atoms with Gasteiger partial charge in [-0.2, -0.15) is 0 Å². The van der Waals surface area contributed by atoms with E-state index >= 15 is 0 Å². The van der Waals surface area contributed by atoms with Gasteiger partial charge in [-0.05, 0) is 119 Å². The molecule has 0 aromatic rings. The Balaban J connectivity index is 1.23. The molecule has 5 aliphatic rings. The van der Waals surface area contributed by atoms with E-state index < -0.39 is 0 Å². The molecule has 0 spiro atoms. The molecule has 1 heterocycles. The van der Waals surface area contributed by atoms with Crippen LogP contribution in [0.4, 0.5) is 0 Å². The van der Waals surface area contributed by atoms with Crippen LogP contribution in [-0.4, -0.2) is 30.3 Å². The molecule has 5 rings (SSSR count). The van der Waals surface area contributed by atoms with Crippen molar-refractivity contribution in [2.24, 2.45) is 34.5 Å². The van der Waals surface area contributed by atoms with Crippen molar-refractivity contribution in [2.75, 3.05) is 19.6 Å². The molecule has 1 saturated heterocycles. The molecule has 1 aliphatic heterocycles. The molecule has 162 valence electrons. The van der Waals surface area contributed by atoms with Gasteiger partial charge >= 0.3 is 0 Å². The number of rotatable bonds is 4. The number of hydrogen-bond acceptors (Lipinski definition) is 2. The van der Waals surface area contributed by atoms with Crippen LogP contribution < -0.4 is 0 Å². The zero-order valence-electron chi connectivity index (χ0n) is 19.1. The van der Waals surface area contributed by atoms with Crippen molar-refractivity contribution >= 4 is 5.78 Å². The average Bonchev–Trinajstić information content (AvgIpc) is 3.04. The lowest BCUT2D eigenvalue weighted by atomic mass is 9.47. The molecule has 0 amide bonds. The zero-order chi connectivity index (χ0) is 20.1. The Bertz CT molecular complexity index is 661. The average molecular weight is 398 g/mol. The van der Waals surface area contributed by atoms with E-state index in [1.165, 1.54) is 96.7 Å². The number of ketones is 1. The summed E-state index contributed by atoms with van der Waals surface area (Å²) < 4.78 is 0. The van der Waals surface area contributed by atoms with Crippen molar-refractivity contribution in [1.82, 2.24) is 4.90 Å². The number of carbonyl (C=O) groups is 1. The second-order valence-corrected chi connectivity index (χ2v) is 11.8. The molecule has 4 aliphatic carbocycles. The smallest absolute Gasteiger partial charge is 0.139 e. The highest BCUT2D eigenvalue weighted by atomic mass is 16.1. The molecule has 0 radical (unpaired) electrons. The van der Waals surface area contributed by atoms with E-state index in [1.807, 2.05) is 5.57 Å². The van der Waals surface area contributed by atoms with E-state index in [1.54, 1.807) is 0 Å². The van der Waals surface area contributed by atoms with Crippen molar-refractivity contribution in [3.63, 3.8) is 0 Å². The van der Waals surface area contributed by atoms with Gasteiger partial charge in [-0.25, -0.2) is 0 Å². The highest BCUT2D eigenvalue weighted by Crippen LogP contribution is 2.64. The van der Waals surface area contributed by atoms with Crippen molar-refractivity contribution in [3.8, 4) is 0 Å². The van der Waals surface area contributed by atoms with Gasteiger partial charge in [0, 0.05) is 11.8 Å². The maximum atomic E-state index is 12.6. The Morgan fingerprint density at radius 2 is 1.69 bits per heavy atom. The number of allylic oxidation sites excluding steroid dienone is 2. The van der Waals surface area contributed by atoms with E-state index in [2.05, 4.69) is 24.8 Å². The number of piperidine rings is 1. The zero-order valence-corrected chi connectivity index (χ0v) is 19.1. The fourth-order valence-electron chi connectivity index (χ4n) is 8.56. The van der Waals surface area contributed by atoms with E-state index in [0.29, 0.717) is 17.1 Å². The van der Waals surface area contributed by atoms with Gasteiger partial charge in [0.25, 0.3) is 0 Å². The molecule has 0 N–H and O–H groups in total. The number of nitrogens with zero attached hydrogens (tertiary/aromatic N) is 1. The van der Waals surface area contributed by atoms with E-state index in [0.717, 1.165) is 24.2 Å². The van der Waals surface area contributed by atoms with Gasteiger partial charge in [-0.3, -0.25) is 4.79 Å². The second-order valence-electron chi connectivity index (χ2n) is 11.8. The molecule has 4 fully saturated rings. The van der Waals surface area contributed by atoms with Crippen LogP contribution >= 0.6 is 0 Å². The highest BCUT2D eigenvalue weighted by Gasteiger charge is 2.58. The minimum Gasteiger partial charge on any atom is -0.303 e. The van der Waals surface area contributed by atoms with Gasteiger partial charge < -0.3 is 4.90 Å². The van der Waals surface area contributed by atoms with Crippen molar-refractivity contribution in [3.05, 3.63) is 11.6 Å². The fourth-order valence-corrected chi connectivity index (χ4v) is 8.56. The first-order valence-electron chi connectivity index (χ1n) is 13.0. The minimum absolute atomic E-state index is 0.0321. The van der Waals surface area contributed by atoms with Gasteiger partial charge in [0.15, 0.2) is 0 Å². The summed E-state index contributed by atoms with van der Waals surface area (Å²) in [4.78, 5) is 15.3. The third-order valence-electron chi connectivity index (χ3n) is 10.4. The first kappa shape index (κ1) is 20.3. The summed E-state index contributed by atoms with van der Waals surface area (Å²) >= 11 is 0. The molecule has 29 heavy (non-hydrogen) atoms. The van der Waals surface area contributed by atoms with Crippen molar-refractivity contribution < 1.29 is 4.79 Å². The van der Waals surface area contributed by atoms with Gasteiger partial charge in [0.1, 0.15) is 5.78 Å². The fraction of sp³-hybridized carbons (Fsp3) is 0.889. The summed E-state index contributed by atoms with van der Waals surface area (Å²) in [7, 11) is 0. The molecule has 0 bridgehead atoms. The maximum absolute atomic E-state index is 12.6. The molecular weight excluding hydrogens is 354 g/mol. The van der Waals surface area contributed by atoms with Crippen LogP contribution in [0.15, 0.2) is 11.6 Å². The number of carbonyl (C=O) groups excluding carboxylic acids is 1. The standard InChI is InChI=1S/C27H43NO/c1-26-14-12-20(7-6-18-28-16-4-3-5-17-28)19-21(26)8-9-22-23-10-11-25(29)27(23,2)15-13-24(22)26/h19-20,22-24H,3-18H2,1-2H3/t20-,22?,23?,24?,26-,27-/m0/s1. The lowest BCUT2D eigenvalue weighted by molar-refractivity contribution is -0.132. The third kappa shape index (κ3) is 3.46. The molecule has 3 unspecified atom stereocenters.